The molecule has 0 spiro atoms. The largest absolute Gasteiger partial charge is 0.488 e. The molecule has 16 heavy (non-hydrogen) atoms. The predicted molar refractivity (Wildman–Crippen MR) is 47.5 cm³/mol. The molecular weight excluding hydrogens is 225 g/mol. The second-order valence-corrected chi connectivity index (χ2v) is 3.18. The molecule has 0 radical (unpaired) electrons. The van der Waals surface area contributed by atoms with E-state index in [-0.39, 0.29) is 12.4 Å². The summed E-state index contributed by atoms with van der Waals surface area (Å²) in [6.45, 7) is 0.921. The Balaban J connectivity index is 1.98. The van der Waals surface area contributed by atoms with Gasteiger partial charge in [-0.1, -0.05) is 0 Å². The van der Waals surface area contributed by atoms with Gasteiger partial charge in [0, 0.05) is 12.1 Å². The molecule has 1 fully saturated rings. The van der Waals surface area contributed by atoms with Gasteiger partial charge < -0.3 is 14.2 Å². The van der Waals surface area contributed by atoms with Crippen molar-refractivity contribution in [1.82, 2.24) is 0 Å². The van der Waals surface area contributed by atoms with Crippen LogP contribution in [0.4, 0.5) is 13.2 Å². The maximum atomic E-state index is 12.8. The van der Waals surface area contributed by atoms with Gasteiger partial charge in [0.2, 0.25) is 0 Å². The second-order valence-electron chi connectivity index (χ2n) is 3.18. The fourth-order valence-electron chi connectivity index (χ4n) is 1.28. The Bertz CT molecular complexity index is 355. The van der Waals surface area contributed by atoms with Crippen LogP contribution in [-0.4, -0.2) is 26.1 Å². The highest BCUT2D eigenvalue weighted by molar-refractivity contribution is 5.25. The van der Waals surface area contributed by atoms with Gasteiger partial charge in [-0.25, -0.2) is 13.2 Å². The van der Waals surface area contributed by atoms with Gasteiger partial charge in [0.15, 0.2) is 23.7 Å². The standard InChI is InChI=1S/C10H9F3O3/c11-7-3-6(4-8(12)10(7)13)16-5-9-14-1-2-15-9/h3-4,9H,1-2,5H2. The van der Waals surface area contributed by atoms with E-state index in [0.717, 1.165) is 12.1 Å². The van der Waals surface area contributed by atoms with Crippen LogP contribution in [0.15, 0.2) is 12.1 Å². The monoisotopic (exact) mass is 234 g/mol. The lowest BCUT2D eigenvalue weighted by Crippen LogP contribution is -2.18. The normalized spacial score (nSPS) is 16.7. The van der Waals surface area contributed by atoms with E-state index in [1.54, 1.807) is 0 Å². The number of halogens is 3. The van der Waals surface area contributed by atoms with Crippen LogP contribution in [0.3, 0.4) is 0 Å². The molecule has 1 aromatic carbocycles. The first-order valence-electron chi connectivity index (χ1n) is 4.67. The first kappa shape index (κ1) is 11.2. The third-order valence-corrected chi connectivity index (χ3v) is 2.03. The van der Waals surface area contributed by atoms with Gasteiger partial charge in [0.1, 0.15) is 12.4 Å². The minimum Gasteiger partial charge on any atom is -0.488 e. The first-order valence-corrected chi connectivity index (χ1v) is 4.67. The molecule has 0 aliphatic carbocycles. The lowest BCUT2D eigenvalue weighted by molar-refractivity contribution is -0.0685. The maximum Gasteiger partial charge on any atom is 0.194 e. The Morgan fingerprint density at radius 3 is 2.25 bits per heavy atom. The molecule has 0 amide bonds. The number of hydrogen-bond acceptors (Lipinski definition) is 3. The third kappa shape index (κ3) is 2.45. The average Bonchev–Trinajstić information content (AvgIpc) is 2.75. The maximum absolute atomic E-state index is 12.8. The van der Waals surface area contributed by atoms with E-state index in [1.165, 1.54) is 0 Å². The van der Waals surface area contributed by atoms with Crippen molar-refractivity contribution in [3.63, 3.8) is 0 Å². The molecule has 1 saturated heterocycles. The third-order valence-electron chi connectivity index (χ3n) is 2.03. The van der Waals surface area contributed by atoms with E-state index in [2.05, 4.69) is 0 Å². The molecule has 6 heteroatoms. The number of hydrogen-bond donors (Lipinski definition) is 0. The van der Waals surface area contributed by atoms with E-state index in [1.807, 2.05) is 0 Å². The summed E-state index contributed by atoms with van der Waals surface area (Å²) in [5.41, 5.74) is 0. The molecule has 0 bridgehead atoms. The summed E-state index contributed by atoms with van der Waals surface area (Å²) in [5, 5.41) is 0. The topological polar surface area (TPSA) is 27.7 Å². The van der Waals surface area contributed by atoms with Crippen LogP contribution < -0.4 is 4.74 Å². The van der Waals surface area contributed by atoms with Crippen molar-refractivity contribution in [2.75, 3.05) is 19.8 Å². The molecule has 1 aromatic rings. The molecule has 0 unspecified atom stereocenters. The quantitative estimate of drug-likeness (QED) is 0.747. The molecule has 3 nitrogen and oxygen atoms in total. The SMILES string of the molecule is Fc1cc(OCC2OCCO2)cc(F)c1F. The summed E-state index contributed by atoms with van der Waals surface area (Å²) in [7, 11) is 0. The minimum absolute atomic E-state index is 0.00448. The van der Waals surface area contributed by atoms with Crippen molar-refractivity contribution >= 4 is 0 Å². The van der Waals surface area contributed by atoms with Crippen LogP contribution in [0.2, 0.25) is 0 Å². The number of ether oxygens (including phenoxy) is 3. The zero-order chi connectivity index (χ0) is 11.5. The number of rotatable bonds is 3. The molecule has 1 heterocycles. The predicted octanol–water partition coefficient (Wildman–Crippen LogP) is 1.86. The highest BCUT2D eigenvalue weighted by Crippen LogP contribution is 2.19. The Labute approximate surface area is 89.7 Å². The minimum atomic E-state index is -1.51. The van der Waals surface area contributed by atoms with Gasteiger partial charge in [-0.05, 0) is 0 Å². The van der Waals surface area contributed by atoms with Gasteiger partial charge in [-0.2, -0.15) is 0 Å². The van der Waals surface area contributed by atoms with Crippen LogP contribution in [0.1, 0.15) is 0 Å². The van der Waals surface area contributed by atoms with Crippen LogP contribution in [0, 0.1) is 17.5 Å². The van der Waals surface area contributed by atoms with Crippen molar-refractivity contribution in [2.24, 2.45) is 0 Å². The smallest absolute Gasteiger partial charge is 0.194 e. The Hall–Kier alpha value is -1.27. The van der Waals surface area contributed by atoms with E-state index >= 15 is 0 Å². The molecule has 2 rings (SSSR count). The second kappa shape index (κ2) is 4.71. The Morgan fingerprint density at radius 2 is 1.69 bits per heavy atom. The van der Waals surface area contributed by atoms with Crippen molar-refractivity contribution in [3.8, 4) is 5.75 Å². The van der Waals surface area contributed by atoms with E-state index in [9.17, 15) is 13.2 Å². The van der Waals surface area contributed by atoms with Crippen LogP contribution in [0.25, 0.3) is 0 Å². The van der Waals surface area contributed by atoms with E-state index < -0.39 is 23.7 Å². The van der Waals surface area contributed by atoms with Gasteiger partial charge in [-0.3, -0.25) is 0 Å². The van der Waals surface area contributed by atoms with Gasteiger partial charge in [-0.15, -0.1) is 0 Å². The van der Waals surface area contributed by atoms with Crippen molar-refractivity contribution < 1.29 is 27.4 Å². The van der Waals surface area contributed by atoms with E-state index in [4.69, 9.17) is 14.2 Å². The Morgan fingerprint density at radius 1 is 1.12 bits per heavy atom. The number of benzene rings is 1. The van der Waals surface area contributed by atoms with Crippen molar-refractivity contribution in [1.29, 1.82) is 0 Å². The lowest BCUT2D eigenvalue weighted by atomic mass is 10.3. The summed E-state index contributed by atoms with van der Waals surface area (Å²) >= 11 is 0. The van der Waals surface area contributed by atoms with Gasteiger partial charge in [0.25, 0.3) is 0 Å². The molecular formula is C10H9F3O3. The summed E-state index contributed by atoms with van der Waals surface area (Å²) < 4.78 is 53.3. The molecule has 0 N–H and O–H groups in total. The molecule has 0 aromatic heterocycles. The summed E-state index contributed by atoms with van der Waals surface area (Å²) in [6, 6.07) is 1.54. The van der Waals surface area contributed by atoms with E-state index in [0.29, 0.717) is 13.2 Å². The molecule has 0 atom stereocenters. The highest BCUT2D eigenvalue weighted by atomic mass is 19.2. The molecule has 0 saturated carbocycles. The van der Waals surface area contributed by atoms with Crippen molar-refractivity contribution in [3.05, 3.63) is 29.6 Å². The fourth-order valence-corrected chi connectivity index (χ4v) is 1.28. The zero-order valence-corrected chi connectivity index (χ0v) is 8.21. The van der Waals surface area contributed by atoms with Gasteiger partial charge >= 0.3 is 0 Å². The van der Waals surface area contributed by atoms with Crippen LogP contribution >= 0.6 is 0 Å². The molecule has 1 aliphatic heterocycles. The average molecular weight is 234 g/mol. The molecule has 1 aliphatic rings. The van der Waals surface area contributed by atoms with Crippen LogP contribution in [-0.2, 0) is 9.47 Å². The van der Waals surface area contributed by atoms with Gasteiger partial charge in [0.05, 0.1) is 13.2 Å². The Kier molecular flexibility index (Phi) is 3.31. The lowest BCUT2D eigenvalue weighted by Gasteiger charge is -2.11. The first-order chi connectivity index (χ1) is 7.66. The van der Waals surface area contributed by atoms with Crippen LogP contribution in [0.5, 0.6) is 5.75 Å². The zero-order valence-electron chi connectivity index (χ0n) is 8.21. The fraction of sp³-hybridized carbons (Fsp3) is 0.400. The molecule has 88 valence electrons. The highest BCUT2D eigenvalue weighted by Gasteiger charge is 2.17. The summed E-state index contributed by atoms with van der Waals surface area (Å²) in [5.74, 6) is -4.19. The summed E-state index contributed by atoms with van der Waals surface area (Å²) in [6.07, 6.45) is -0.545. The van der Waals surface area contributed by atoms with Crippen molar-refractivity contribution in [2.45, 2.75) is 6.29 Å². The summed E-state index contributed by atoms with van der Waals surface area (Å²) in [4.78, 5) is 0.